The van der Waals surface area contributed by atoms with Crippen LogP contribution in [0.3, 0.4) is 0 Å². The molecule has 1 amide bonds. The topological polar surface area (TPSA) is 49.8 Å². The molecule has 0 unspecified atom stereocenters. The van der Waals surface area contributed by atoms with Crippen LogP contribution in [0.5, 0.6) is 5.75 Å². The average Bonchev–Trinajstić information content (AvgIpc) is 2.53. The lowest BCUT2D eigenvalue weighted by atomic mass is 10.2. The number of amides is 1. The van der Waals surface area contributed by atoms with Gasteiger partial charge in [0.25, 0.3) is 5.91 Å². The van der Waals surface area contributed by atoms with Gasteiger partial charge >= 0.3 is 0 Å². The highest BCUT2D eigenvalue weighted by Gasteiger charge is 2.14. The molecule has 0 saturated carbocycles. The summed E-state index contributed by atoms with van der Waals surface area (Å²) in [6.45, 7) is 2.64. The number of nitrogens with zero attached hydrogens (tertiary/aromatic N) is 1. The van der Waals surface area contributed by atoms with Crippen molar-refractivity contribution in [3.05, 3.63) is 65.7 Å². The van der Waals surface area contributed by atoms with E-state index in [0.717, 1.165) is 11.1 Å². The molecule has 0 aliphatic rings. The van der Waals surface area contributed by atoms with Crippen LogP contribution < -0.4 is 4.74 Å². The summed E-state index contributed by atoms with van der Waals surface area (Å²) >= 11 is 0. The number of carbonyl (C=O) groups is 1. The molecule has 2 aromatic rings. The summed E-state index contributed by atoms with van der Waals surface area (Å²) in [6.07, 6.45) is 0. The summed E-state index contributed by atoms with van der Waals surface area (Å²) in [5.41, 5.74) is 2.11. The summed E-state index contributed by atoms with van der Waals surface area (Å²) in [5.74, 6) is 0.538. The van der Waals surface area contributed by atoms with Gasteiger partial charge in [0.15, 0.2) is 6.61 Å². The van der Waals surface area contributed by atoms with Crippen molar-refractivity contribution in [2.45, 2.75) is 13.5 Å². The van der Waals surface area contributed by atoms with Crippen molar-refractivity contribution < 1.29 is 14.6 Å². The number of ether oxygens (including phenoxy) is 1. The van der Waals surface area contributed by atoms with Crippen molar-refractivity contribution in [3.8, 4) is 5.75 Å². The molecule has 0 spiro atoms. The van der Waals surface area contributed by atoms with Gasteiger partial charge < -0.3 is 14.7 Å². The average molecular weight is 299 g/mol. The van der Waals surface area contributed by atoms with Gasteiger partial charge in [0.1, 0.15) is 5.75 Å². The normalized spacial score (nSPS) is 10.3. The van der Waals surface area contributed by atoms with Gasteiger partial charge in [0.05, 0.1) is 6.61 Å². The van der Waals surface area contributed by atoms with Crippen LogP contribution in [0.2, 0.25) is 0 Å². The molecule has 0 aliphatic heterocycles. The van der Waals surface area contributed by atoms with Crippen LogP contribution >= 0.6 is 0 Å². The maximum Gasteiger partial charge on any atom is 0.260 e. The Morgan fingerprint density at radius 2 is 1.91 bits per heavy atom. The van der Waals surface area contributed by atoms with E-state index in [4.69, 9.17) is 9.84 Å². The largest absolute Gasteiger partial charge is 0.484 e. The van der Waals surface area contributed by atoms with Crippen molar-refractivity contribution in [1.82, 2.24) is 4.90 Å². The highest BCUT2D eigenvalue weighted by Crippen LogP contribution is 2.13. The number of aliphatic hydroxyl groups excluding tert-OH is 1. The zero-order valence-electron chi connectivity index (χ0n) is 12.7. The van der Waals surface area contributed by atoms with Crippen molar-refractivity contribution >= 4 is 5.91 Å². The van der Waals surface area contributed by atoms with Gasteiger partial charge in [-0.3, -0.25) is 4.79 Å². The van der Waals surface area contributed by atoms with Gasteiger partial charge in [-0.15, -0.1) is 0 Å². The smallest absolute Gasteiger partial charge is 0.260 e. The van der Waals surface area contributed by atoms with Crippen molar-refractivity contribution in [2.75, 3.05) is 19.8 Å². The Morgan fingerprint density at radius 3 is 2.59 bits per heavy atom. The van der Waals surface area contributed by atoms with Gasteiger partial charge in [-0.2, -0.15) is 0 Å². The lowest BCUT2D eigenvalue weighted by Gasteiger charge is -2.22. The van der Waals surface area contributed by atoms with Crippen LogP contribution in [0, 0.1) is 6.92 Å². The molecular weight excluding hydrogens is 278 g/mol. The minimum atomic E-state index is -0.139. The Balaban J connectivity index is 1.94. The Hall–Kier alpha value is -2.33. The van der Waals surface area contributed by atoms with Crippen LogP contribution in [-0.2, 0) is 11.3 Å². The molecule has 4 heteroatoms. The van der Waals surface area contributed by atoms with Crippen LogP contribution in [0.25, 0.3) is 0 Å². The summed E-state index contributed by atoms with van der Waals surface area (Å²) < 4.78 is 5.54. The van der Waals surface area contributed by atoms with Crippen molar-refractivity contribution in [1.29, 1.82) is 0 Å². The molecule has 0 fully saturated rings. The monoisotopic (exact) mass is 299 g/mol. The third-order valence-corrected chi connectivity index (χ3v) is 3.29. The number of rotatable bonds is 7. The first kappa shape index (κ1) is 16.0. The minimum Gasteiger partial charge on any atom is -0.484 e. The fourth-order valence-corrected chi connectivity index (χ4v) is 2.16. The quantitative estimate of drug-likeness (QED) is 0.854. The molecule has 0 aromatic heterocycles. The van der Waals surface area contributed by atoms with E-state index in [1.165, 1.54) is 0 Å². The van der Waals surface area contributed by atoms with E-state index < -0.39 is 0 Å². The fourth-order valence-electron chi connectivity index (χ4n) is 2.16. The second kappa shape index (κ2) is 8.20. The maximum absolute atomic E-state index is 12.3. The molecule has 0 saturated heterocycles. The van der Waals surface area contributed by atoms with Gasteiger partial charge in [-0.1, -0.05) is 42.5 Å². The fraction of sp³-hybridized carbons (Fsp3) is 0.278. The van der Waals surface area contributed by atoms with Crippen LogP contribution in [0.1, 0.15) is 11.1 Å². The molecule has 0 aliphatic carbocycles. The lowest BCUT2D eigenvalue weighted by molar-refractivity contribution is -0.134. The predicted octanol–water partition coefficient (Wildman–Crippen LogP) is 2.39. The minimum absolute atomic E-state index is 0.0315. The van der Waals surface area contributed by atoms with E-state index in [1.54, 1.807) is 4.90 Å². The number of carbonyl (C=O) groups excluding carboxylic acids is 1. The summed E-state index contributed by atoms with van der Waals surface area (Å²) in [5, 5.41) is 9.15. The van der Waals surface area contributed by atoms with Crippen molar-refractivity contribution in [3.63, 3.8) is 0 Å². The first-order valence-corrected chi connectivity index (χ1v) is 7.31. The number of aliphatic hydroxyl groups is 1. The SMILES string of the molecule is Cc1cccc(OCC(=O)N(CCO)Cc2ccccc2)c1. The Morgan fingerprint density at radius 1 is 1.14 bits per heavy atom. The Bertz CT molecular complexity index is 598. The molecule has 22 heavy (non-hydrogen) atoms. The Kier molecular flexibility index (Phi) is 5.98. The molecule has 0 atom stereocenters. The van der Waals surface area contributed by atoms with E-state index >= 15 is 0 Å². The Labute approximate surface area is 131 Å². The zero-order chi connectivity index (χ0) is 15.8. The molecule has 4 nitrogen and oxygen atoms in total. The van der Waals surface area contributed by atoms with E-state index in [1.807, 2.05) is 61.5 Å². The number of hydrogen-bond acceptors (Lipinski definition) is 3. The first-order chi connectivity index (χ1) is 10.7. The molecule has 2 aromatic carbocycles. The standard InChI is InChI=1S/C18H21NO3/c1-15-6-5-9-17(12-15)22-14-18(21)19(10-11-20)13-16-7-3-2-4-8-16/h2-9,12,20H,10-11,13-14H2,1H3. The van der Waals surface area contributed by atoms with E-state index in [-0.39, 0.29) is 19.1 Å². The highest BCUT2D eigenvalue weighted by molar-refractivity contribution is 5.77. The summed E-state index contributed by atoms with van der Waals surface area (Å²) in [7, 11) is 0. The molecule has 0 radical (unpaired) electrons. The molecule has 1 N–H and O–H groups in total. The van der Waals surface area contributed by atoms with E-state index in [9.17, 15) is 4.79 Å². The van der Waals surface area contributed by atoms with Crippen LogP contribution in [-0.4, -0.2) is 35.7 Å². The molecule has 2 rings (SSSR count). The highest BCUT2D eigenvalue weighted by atomic mass is 16.5. The van der Waals surface area contributed by atoms with E-state index in [2.05, 4.69) is 0 Å². The summed E-state index contributed by atoms with van der Waals surface area (Å²) in [4.78, 5) is 13.9. The number of benzene rings is 2. The maximum atomic E-state index is 12.3. The second-order valence-corrected chi connectivity index (χ2v) is 5.13. The lowest BCUT2D eigenvalue weighted by Crippen LogP contribution is -2.36. The molecule has 0 bridgehead atoms. The third-order valence-electron chi connectivity index (χ3n) is 3.29. The van der Waals surface area contributed by atoms with Gasteiger partial charge in [0.2, 0.25) is 0 Å². The van der Waals surface area contributed by atoms with Gasteiger partial charge in [-0.25, -0.2) is 0 Å². The molecular formula is C18H21NO3. The molecule has 116 valence electrons. The number of hydrogen-bond donors (Lipinski definition) is 1. The van der Waals surface area contributed by atoms with E-state index in [0.29, 0.717) is 18.8 Å². The van der Waals surface area contributed by atoms with Gasteiger partial charge in [0, 0.05) is 13.1 Å². The summed E-state index contributed by atoms with van der Waals surface area (Å²) in [6, 6.07) is 17.3. The van der Waals surface area contributed by atoms with Crippen molar-refractivity contribution in [2.24, 2.45) is 0 Å². The predicted molar refractivity (Wildman–Crippen MR) is 85.6 cm³/mol. The zero-order valence-corrected chi connectivity index (χ0v) is 12.7. The molecule has 0 heterocycles. The third kappa shape index (κ3) is 4.90. The van der Waals surface area contributed by atoms with Gasteiger partial charge in [-0.05, 0) is 30.2 Å². The number of aryl methyl sites for hydroxylation is 1. The van der Waals surface area contributed by atoms with Crippen LogP contribution in [0.15, 0.2) is 54.6 Å². The second-order valence-electron chi connectivity index (χ2n) is 5.13. The first-order valence-electron chi connectivity index (χ1n) is 7.31. The van der Waals surface area contributed by atoms with Crippen LogP contribution in [0.4, 0.5) is 0 Å².